The third kappa shape index (κ3) is 4.03. The number of benzene rings is 1. The van der Waals surface area contributed by atoms with E-state index in [2.05, 4.69) is 21.8 Å². The topological polar surface area (TPSA) is 84.8 Å². The molecule has 1 aromatic carbocycles. The number of aliphatic carboxylic acids is 1. The van der Waals surface area contributed by atoms with Crippen LogP contribution in [0.5, 0.6) is 11.5 Å². The zero-order chi connectivity index (χ0) is 20.1. The summed E-state index contributed by atoms with van der Waals surface area (Å²) in [6.07, 6.45) is 4.49. The molecule has 7 nitrogen and oxygen atoms in total. The standard InChI is InChI=1S/C21H27N3O4/c1-4-7-16-14-22-15(2)23-19(16)24-12-10-21(11-13-24,20(25)26)28-18-9-6-5-8-17(18)27-3/h5-6,8-9,14H,4,7,10-13H2,1-3H3,(H,25,26). The van der Waals surface area contributed by atoms with Crippen molar-refractivity contribution in [1.29, 1.82) is 0 Å². The molecule has 150 valence electrons. The average Bonchev–Trinajstić information content (AvgIpc) is 2.70. The fraction of sp³-hybridized carbons (Fsp3) is 0.476. The fourth-order valence-electron chi connectivity index (χ4n) is 3.56. The van der Waals surface area contributed by atoms with Crippen LogP contribution in [0.25, 0.3) is 0 Å². The van der Waals surface area contributed by atoms with Crippen molar-refractivity contribution in [2.24, 2.45) is 0 Å². The van der Waals surface area contributed by atoms with Crippen LogP contribution in [-0.4, -0.2) is 46.8 Å². The van der Waals surface area contributed by atoms with E-state index in [0.717, 1.165) is 30.0 Å². The van der Waals surface area contributed by atoms with E-state index < -0.39 is 11.6 Å². The molecule has 0 radical (unpaired) electrons. The molecule has 1 fully saturated rings. The maximum Gasteiger partial charge on any atom is 0.348 e. The van der Waals surface area contributed by atoms with E-state index in [1.807, 2.05) is 25.3 Å². The van der Waals surface area contributed by atoms with Crippen LogP contribution in [0.2, 0.25) is 0 Å². The Bertz CT molecular complexity index is 832. The van der Waals surface area contributed by atoms with Crippen LogP contribution in [-0.2, 0) is 11.2 Å². The van der Waals surface area contributed by atoms with Crippen molar-refractivity contribution in [3.63, 3.8) is 0 Å². The number of aryl methyl sites for hydroxylation is 2. The molecule has 0 unspecified atom stereocenters. The molecule has 0 bridgehead atoms. The highest BCUT2D eigenvalue weighted by Crippen LogP contribution is 2.36. The van der Waals surface area contributed by atoms with Gasteiger partial charge in [-0.15, -0.1) is 0 Å². The molecule has 28 heavy (non-hydrogen) atoms. The van der Waals surface area contributed by atoms with Gasteiger partial charge in [-0.3, -0.25) is 0 Å². The van der Waals surface area contributed by atoms with Gasteiger partial charge in [0.1, 0.15) is 11.6 Å². The Labute approximate surface area is 165 Å². The van der Waals surface area contributed by atoms with Crippen molar-refractivity contribution in [2.75, 3.05) is 25.1 Å². The molecule has 2 aromatic rings. The van der Waals surface area contributed by atoms with Gasteiger partial charge < -0.3 is 19.5 Å². The maximum absolute atomic E-state index is 12.1. The molecule has 1 N–H and O–H groups in total. The third-order valence-electron chi connectivity index (χ3n) is 5.12. The second-order valence-corrected chi connectivity index (χ2v) is 7.06. The number of carboxylic acid groups (broad SMARTS) is 1. The van der Waals surface area contributed by atoms with E-state index in [1.165, 1.54) is 0 Å². The summed E-state index contributed by atoms with van der Waals surface area (Å²) in [5, 5.41) is 9.94. The summed E-state index contributed by atoms with van der Waals surface area (Å²) in [4.78, 5) is 23.2. The molecule has 0 amide bonds. The normalized spacial score (nSPS) is 15.9. The predicted molar refractivity (Wildman–Crippen MR) is 106 cm³/mol. The van der Waals surface area contributed by atoms with Crippen molar-refractivity contribution in [3.8, 4) is 11.5 Å². The average molecular weight is 385 g/mol. The predicted octanol–water partition coefficient (Wildman–Crippen LogP) is 3.25. The molecule has 1 aliphatic rings. The van der Waals surface area contributed by atoms with Gasteiger partial charge in [-0.2, -0.15) is 0 Å². The number of rotatable bonds is 7. The van der Waals surface area contributed by atoms with Crippen LogP contribution in [0.15, 0.2) is 30.5 Å². The van der Waals surface area contributed by atoms with E-state index in [4.69, 9.17) is 9.47 Å². The smallest absolute Gasteiger partial charge is 0.348 e. The number of methoxy groups -OCH3 is 1. The number of hydrogen-bond acceptors (Lipinski definition) is 6. The summed E-state index contributed by atoms with van der Waals surface area (Å²) in [5.41, 5.74) is -0.181. The van der Waals surface area contributed by atoms with Crippen molar-refractivity contribution in [2.45, 2.75) is 45.1 Å². The first-order valence-electron chi connectivity index (χ1n) is 9.62. The SMILES string of the molecule is CCCc1cnc(C)nc1N1CCC(Oc2ccccc2OC)(C(=O)O)CC1. The molecule has 1 saturated heterocycles. The zero-order valence-electron chi connectivity index (χ0n) is 16.6. The number of piperidine rings is 1. The summed E-state index contributed by atoms with van der Waals surface area (Å²) >= 11 is 0. The first-order valence-corrected chi connectivity index (χ1v) is 9.62. The Morgan fingerprint density at radius 2 is 1.93 bits per heavy atom. The minimum absolute atomic E-state index is 0.356. The minimum atomic E-state index is -1.28. The van der Waals surface area contributed by atoms with Crippen molar-refractivity contribution >= 4 is 11.8 Å². The van der Waals surface area contributed by atoms with Crippen LogP contribution in [0.4, 0.5) is 5.82 Å². The number of hydrogen-bond donors (Lipinski definition) is 1. The van der Waals surface area contributed by atoms with E-state index in [1.54, 1.807) is 19.2 Å². The summed E-state index contributed by atoms with van der Waals surface area (Å²) in [7, 11) is 1.55. The number of ether oxygens (including phenoxy) is 2. The summed E-state index contributed by atoms with van der Waals surface area (Å²) < 4.78 is 11.3. The molecule has 1 aliphatic heterocycles. The van der Waals surface area contributed by atoms with Gasteiger partial charge in [0, 0.05) is 37.7 Å². The van der Waals surface area contributed by atoms with Gasteiger partial charge >= 0.3 is 5.97 Å². The Kier molecular flexibility index (Phi) is 6.02. The van der Waals surface area contributed by atoms with Crippen LogP contribution in [0, 0.1) is 6.92 Å². The molecule has 0 atom stereocenters. The van der Waals surface area contributed by atoms with E-state index in [-0.39, 0.29) is 0 Å². The third-order valence-corrected chi connectivity index (χ3v) is 5.12. The van der Waals surface area contributed by atoms with Gasteiger partial charge in [-0.25, -0.2) is 14.8 Å². The molecular weight excluding hydrogens is 358 g/mol. The highest BCUT2D eigenvalue weighted by Gasteiger charge is 2.45. The highest BCUT2D eigenvalue weighted by molar-refractivity contribution is 5.78. The van der Waals surface area contributed by atoms with Crippen molar-refractivity contribution < 1.29 is 19.4 Å². The van der Waals surface area contributed by atoms with E-state index in [9.17, 15) is 9.90 Å². The first kappa shape index (κ1) is 19.9. The number of para-hydroxylation sites is 2. The Balaban J connectivity index is 1.81. The van der Waals surface area contributed by atoms with E-state index >= 15 is 0 Å². The van der Waals surface area contributed by atoms with Crippen molar-refractivity contribution in [3.05, 3.63) is 41.9 Å². The highest BCUT2D eigenvalue weighted by atomic mass is 16.5. The van der Waals surface area contributed by atoms with Crippen LogP contribution >= 0.6 is 0 Å². The zero-order valence-corrected chi connectivity index (χ0v) is 16.6. The largest absolute Gasteiger partial charge is 0.493 e. The van der Waals surface area contributed by atoms with Crippen LogP contribution < -0.4 is 14.4 Å². The lowest BCUT2D eigenvalue weighted by atomic mass is 9.90. The Morgan fingerprint density at radius 3 is 2.54 bits per heavy atom. The van der Waals surface area contributed by atoms with Gasteiger partial charge in [-0.1, -0.05) is 25.5 Å². The van der Waals surface area contributed by atoms with Gasteiger partial charge in [-0.05, 0) is 25.5 Å². The molecule has 3 rings (SSSR count). The molecule has 0 saturated carbocycles. The number of anilines is 1. The molecular formula is C21H27N3O4. The second kappa shape index (κ2) is 8.46. The quantitative estimate of drug-likeness (QED) is 0.783. The van der Waals surface area contributed by atoms with Crippen molar-refractivity contribution in [1.82, 2.24) is 9.97 Å². The fourth-order valence-corrected chi connectivity index (χ4v) is 3.56. The second-order valence-electron chi connectivity index (χ2n) is 7.06. The Hall–Kier alpha value is -2.83. The lowest BCUT2D eigenvalue weighted by Crippen LogP contribution is -2.53. The maximum atomic E-state index is 12.1. The number of aromatic nitrogens is 2. The van der Waals surface area contributed by atoms with Gasteiger partial charge in [0.05, 0.1) is 7.11 Å². The van der Waals surface area contributed by atoms with Gasteiger partial charge in [0.2, 0.25) is 5.60 Å². The van der Waals surface area contributed by atoms with E-state index in [0.29, 0.717) is 37.4 Å². The number of nitrogens with zero attached hydrogens (tertiary/aromatic N) is 3. The summed E-state index contributed by atoms with van der Waals surface area (Å²) in [5.74, 6) is 1.65. The van der Waals surface area contributed by atoms with Crippen LogP contribution in [0.1, 0.15) is 37.6 Å². The number of carbonyl (C=O) groups is 1. The minimum Gasteiger partial charge on any atom is -0.493 e. The molecule has 1 aromatic heterocycles. The summed E-state index contributed by atoms with van der Waals surface area (Å²) in [6, 6.07) is 7.14. The lowest BCUT2D eigenvalue weighted by molar-refractivity contribution is -0.157. The molecule has 2 heterocycles. The Morgan fingerprint density at radius 1 is 1.25 bits per heavy atom. The first-order chi connectivity index (χ1) is 13.5. The monoisotopic (exact) mass is 385 g/mol. The van der Waals surface area contributed by atoms with Gasteiger partial charge in [0.25, 0.3) is 0 Å². The number of carboxylic acids is 1. The van der Waals surface area contributed by atoms with Crippen LogP contribution in [0.3, 0.4) is 0 Å². The molecule has 0 spiro atoms. The molecule has 7 heteroatoms. The molecule has 0 aliphatic carbocycles. The summed E-state index contributed by atoms with van der Waals surface area (Å²) in [6.45, 7) is 5.09. The van der Waals surface area contributed by atoms with Gasteiger partial charge in [0.15, 0.2) is 11.5 Å². The lowest BCUT2D eigenvalue weighted by Gasteiger charge is -2.40.